The van der Waals surface area contributed by atoms with Crippen LogP contribution in [-0.4, -0.2) is 44.3 Å². The van der Waals surface area contributed by atoms with E-state index in [2.05, 4.69) is 10.2 Å². The van der Waals surface area contributed by atoms with Crippen molar-refractivity contribution >= 4 is 5.69 Å². The van der Waals surface area contributed by atoms with Crippen molar-refractivity contribution in [2.24, 2.45) is 0 Å². The number of halogens is 1. The first-order chi connectivity index (χ1) is 8.34. The second-order valence-electron chi connectivity index (χ2n) is 4.24. The number of ether oxygens (including phenoxy) is 1. The van der Waals surface area contributed by atoms with Crippen LogP contribution in [0.3, 0.4) is 0 Å². The van der Waals surface area contributed by atoms with Crippen molar-refractivity contribution < 1.29 is 9.13 Å². The van der Waals surface area contributed by atoms with Crippen LogP contribution in [0, 0.1) is 5.82 Å². The van der Waals surface area contributed by atoms with Crippen molar-refractivity contribution in [3.05, 3.63) is 30.1 Å². The molecule has 1 fully saturated rings. The smallest absolute Gasteiger partial charge is 0.125 e. The van der Waals surface area contributed by atoms with E-state index in [4.69, 9.17) is 4.74 Å². The molecule has 1 aromatic carbocycles. The summed E-state index contributed by atoms with van der Waals surface area (Å²) >= 11 is 0. The molecule has 0 unspecified atom stereocenters. The Morgan fingerprint density at radius 2 is 2.12 bits per heavy atom. The highest BCUT2D eigenvalue weighted by Gasteiger charge is 2.08. The molecular formula is C13H19FN2O. The molecule has 1 aromatic rings. The van der Waals surface area contributed by atoms with Gasteiger partial charge in [0.1, 0.15) is 5.82 Å². The zero-order valence-electron chi connectivity index (χ0n) is 9.99. The Kier molecular flexibility index (Phi) is 4.76. The molecule has 0 saturated carbocycles. The quantitative estimate of drug-likeness (QED) is 0.794. The van der Waals surface area contributed by atoms with E-state index in [0.717, 1.165) is 51.5 Å². The molecule has 94 valence electrons. The monoisotopic (exact) mass is 238 g/mol. The fourth-order valence-corrected chi connectivity index (χ4v) is 1.96. The van der Waals surface area contributed by atoms with Gasteiger partial charge < -0.3 is 10.1 Å². The molecule has 4 heteroatoms. The van der Waals surface area contributed by atoms with Crippen LogP contribution in [0.25, 0.3) is 0 Å². The highest BCUT2D eigenvalue weighted by atomic mass is 19.1. The molecule has 1 aliphatic rings. The van der Waals surface area contributed by atoms with E-state index >= 15 is 0 Å². The van der Waals surface area contributed by atoms with Gasteiger partial charge in [0.2, 0.25) is 0 Å². The van der Waals surface area contributed by atoms with Gasteiger partial charge in [0.15, 0.2) is 0 Å². The van der Waals surface area contributed by atoms with Crippen LogP contribution in [-0.2, 0) is 4.74 Å². The molecule has 0 amide bonds. The van der Waals surface area contributed by atoms with Gasteiger partial charge in [-0.2, -0.15) is 0 Å². The number of anilines is 1. The summed E-state index contributed by atoms with van der Waals surface area (Å²) in [6.07, 6.45) is 1.07. The third kappa shape index (κ3) is 4.32. The van der Waals surface area contributed by atoms with Crippen LogP contribution in [0.4, 0.5) is 10.1 Å². The molecule has 1 N–H and O–H groups in total. The van der Waals surface area contributed by atoms with Crippen LogP contribution >= 0.6 is 0 Å². The lowest BCUT2D eigenvalue weighted by Crippen LogP contribution is -2.37. The van der Waals surface area contributed by atoms with Crippen LogP contribution in [0.2, 0.25) is 0 Å². The lowest BCUT2D eigenvalue weighted by molar-refractivity contribution is 0.0378. The first-order valence-electron chi connectivity index (χ1n) is 6.14. The zero-order valence-corrected chi connectivity index (χ0v) is 9.99. The minimum Gasteiger partial charge on any atom is -0.385 e. The number of rotatable bonds is 5. The van der Waals surface area contributed by atoms with Crippen molar-refractivity contribution in [2.45, 2.75) is 6.42 Å². The minimum atomic E-state index is -0.192. The molecular weight excluding hydrogens is 219 g/mol. The summed E-state index contributed by atoms with van der Waals surface area (Å²) in [5.74, 6) is -0.192. The fraction of sp³-hybridized carbons (Fsp3) is 0.538. The lowest BCUT2D eigenvalue weighted by atomic mass is 10.3. The van der Waals surface area contributed by atoms with E-state index in [1.165, 1.54) is 12.1 Å². The van der Waals surface area contributed by atoms with Crippen LogP contribution in [0.15, 0.2) is 24.3 Å². The lowest BCUT2D eigenvalue weighted by Gasteiger charge is -2.26. The largest absolute Gasteiger partial charge is 0.385 e. The van der Waals surface area contributed by atoms with E-state index in [1.807, 2.05) is 6.07 Å². The van der Waals surface area contributed by atoms with Gasteiger partial charge >= 0.3 is 0 Å². The Morgan fingerprint density at radius 3 is 2.88 bits per heavy atom. The highest BCUT2D eigenvalue weighted by molar-refractivity contribution is 5.42. The molecule has 1 saturated heterocycles. The first-order valence-corrected chi connectivity index (χ1v) is 6.14. The number of hydrogen-bond donors (Lipinski definition) is 1. The summed E-state index contributed by atoms with van der Waals surface area (Å²) < 4.78 is 18.2. The summed E-state index contributed by atoms with van der Waals surface area (Å²) in [6, 6.07) is 6.59. The molecule has 2 rings (SSSR count). The molecule has 0 radical (unpaired) electrons. The Labute approximate surface area is 102 Å². The third-order valence-corrected chi connectivity index (χ3v) is 2.91. The van der Waals surface area contributed by atoms with Gasteiger partial charge in [-0.25, -0.2) is 4.39 Å². The SMILES string of the molecule is Fc1cccc(NCCCN2CCOCC2)c1. The molecule has 0 atom stereocenters. The van der Waals surface area contributed by atoms with Crippen LogP contribution in [0.5, 0.6) is 0 Å². The van der Waals surface area contributed by atoms with Gasteiger partial charge in [0.25, 0.3) is 0 Å². The highest BCUT2D eigenvalue weighted by Crippen LogP contribution is 2.08. The Morgan fingerprint density at radius 1 is 1.29 bits per heavy atom. The second-order valence-corrected chi connectivity index (χ2v) is 4.24. The normalized spacial score (nSPS) is 17.0. The van der Waals surface area contributed by atoms with E-state index in [-0.39, 0.29) is 5.82 Å². The van der Waals surface area contributed by atoms with E-state index in [0.29, 0.717) is 0 Å². The van der Waals surface area contributed by atoms with Crippen molar-refractivity contribution in [1.29, 1.82) is 0 Å². The average molecular weight is 238 g/mol. The molecule has 1 aliphatic heterocycles. The molecule has 3 nitrogen and oxygen atoms in total. The van der Waals surface area contributed by atoms with Gasteiger partial charge in [-0.1, -0.05) is 6.07 Å². The maximum Gasteiger partial charge on any atom is 0.125 e. The Balaban J connectivity index is 1.62. The number of nitrogens with one attached hydrogen (secondary N) is 1. The molecule has 17 heavy (non-hydrogen) atoms. The maximum absolute atomic E-state index is 12.9. The van der Waals surface area contributed by atoms with Crippen LogP contribution in [0.1, 0.15) is 6.42 Å². The topological polar surface area (TPSA) is 24.5 Å². The average Bonchev–Trinajstić information content (AvgIpc) is 2.36. The fourth-order valence-electron chi connectivity index (χ4n) is 1.96. The summed E-state index contributed by atoms with van der Waals surface area (Å²) in [6.45, 7) is 5.70. The summed E-state index contributed by atoms with van der Waals surface area (Å²) in [7, 11) is 0. The zero-order chi connectivity index (χ0) is 11.9. The van der Waals surface area contributed by atoms with Gasteiger partial charge in [0.05, 0.1) is 13.2 Å². The van der Waals surface area contributed by atoms with Gasteiger partial charge in [0, 0.05) is 25.3 Å². The predicted molar refractivity (Wildman–Crippen MR) is 66.8 cm³/mol. The van der Waals surface area contributed by atoms with Gasteiger partial charge in [-0.15, -0.1) is 0 Å². The van der Waals surface area contributed by atoms with E-state index in [1.54, 1.807) is 6.07 Å². The van der Waals surface area contributed by atoms with Crippen molar-refractivity contribution in [3.63, 3.8) is 0 Å². The summed E-state index contributed by atoms with van der Waals surface area (Å²) in [5, 5.41) is 3.23. The maximum atomic E-state index is 12.9. The first kappa shape index (κ1) is 12.3. The predicted octanol–water partition coefficient (Wildman–Crippen LogP) is 1.96. The molecule has 0 aliphatic carbocycles. The Bertz CT molecular complexity index is 340. The molecule has 0 aromatic heterocycles. The number of hydrogen-bond acceptors (Lipinski definition) is 3. The van der Waals surface area contributed by atoms with Crippen LogP contribution < -0.4 is 5.32 Å². The third-order valence-electron chi connectivity index (χ3n) is 2.91. The number of benzene rings is 1. The summed E-state index contributed by atoms with van der Waals surface area (Å²) in [5.41, 5.74) is 0.854. The van der Waals surface area contributed by atoms with Crippen molar-refractivity contribution in [2.75, 3.05) is 44.7 Å². The second kappa shape index (κ2) is 6.57. The van der Waals surface area contributed by atoms with E-state index < -0.39 is 0 Å². The molecule has 0 spiro atoms. The standard InChI is InChI=1S/C13H19FN2O/c14-12-3-1-4-13(11-12)15-5-2-6-16-7-9-17-10-8-16/h1,3-4,11,15H,2,5-10H2. The molecule has 0 bridgehead atoms. The number of morpholine rings is 1. The van der Waals surface area contributed by atoms with Crippen molar-refractivity contribution in [1.82, 2.24) is 4.90 Å². The summed E-state index contributed by atoms with van der Waals surface area (Å²) in [4.78, 5) is 2.40. The van der Waals surface area contributed by atoms with Gasteiger partial charge in [-0.05, 0) is 31.2 Å². The van der Waals surface area contributed by atoms with Crippen molar-refractivity contribution in [3.8, 4) is 0 Å². The molecule has 1 heterocycles. The number of nitrogens with zero attached hydrogens (tertiary/aromatic N) is 1. The Hall–Kier alpha value is -1.13. The minimum absolute atomic E-state index is 0.192. The van der Waals surface area contributed by atoms with E-state index in [9.17, 15) is 4.39 Å². The van der Waals surface area contributed by atoms with Gasteiger partial charge in [-0.3, -0.25) is 4.90 Å².